The van der Waals surface area contributed by atoms with Crippen LogP contribution in [0.15, 0.2) is 0 Å². The van der Waals surface area contributed by atoms with Crippen molar-refractivity contribution in [1.82, 2.24) is 5.32 Å². The molecule has 0 aliphatic carbocycles. The van der Waals surface area contributed by atoms with Gasteiger partial charge in [-0.15, -0.1) is 0 Å². The normalized spacial score (nSPS) is 14.3. The van der Waals surface area contributed by atoms with Gasteiger partial charge in [-0.2, -0.15) is 0 Å². The molecular formula is C7H16N2O2. The van der Waals surface area contributed by atoms with Crippen LogP contribution in [-0.4, -0.2) is 29.2 Å². The molecule has 0 aromatic carbocycles. The number of nitrogens with two attached hydrogens (primary N) is 1. The summed E-state index contributed by atoms with van der Waals surface area (Å²) < 4.78 is 0. The summed E-state index contributed by atoms with van der Waals surface area (Å²) in [5.74, 6) is -0.319. The van der Waals surface area contributed by atoms with E-state index < -0.39 is 6.04 Å². The Morgan fingerprint density at radius 1 is 1.64 bits per heavy atom. The van der Waals surface area contributed by atoms with Crippen LogP contribution in [0.5, 0.6) is 0 Å². The van der Waals surface area contributed by atoms with Gasteiger partial charge in [0.2, 0.25) is 5.91 Å². The molecule has 4 nitrogen and oxygen atoms in total. The molecule has 0 radical (unpaired) electrons. The van der Waals surface area contributed by atoms with Gasteiger partial charge in [0.15, 0.2) is 0 Å². The van der Waals surface area contributed by atoms with E-state index in [-0.39, 0.29) is 18.1 Å². The lowest BCUT2D eigenvalue weighted by Gasteiger charge is -2.22. The maximum atomic E-state index is 11.0. The van der Waals surface area contributed by atoms with E-state index >= 15 is 0 Å². The molecule has 0 saturated carbocycles. The topological polar surface area (TPSA) is 75.4 Å². The van der Waals surface area contributed by atoms with Crippen molar-refractivity contribution in [2.75, 3.05) is 6.61 Å². The molecule has 0 heterocycles. The zero-order valence-corrected chi connectivity index (χ0v) is 7.22. The van der Waals surface area contributed by atoms with Crippen LogP contribution in [0.2, 0.25) is 0 Å². The highest BCUT2D eigenvalue weighted by atomic mass is 16.3. The minimum atomic E-state index is -0.811. The number of hydrogen-bond acceptors (Lipinski definition) is 3. The molecule has 0 rings (SSSR count). The second-order valence-corrected chi connectivity index (χ2v) is 3.53. The summed E-state index contributed by atoms with van der Waals surface area (Å²) in [6.45, 7) is 5.25. The second kappa shape index (κ2) is 3.69. The Bertz CT molecular complexity index is 140. The lowest BCUT2D eigenvalue weighted by Crippen LogP contribution is -2.50. The summed E-state index contributed by atoms with van der Waals surface area (Å²) in [6.07, 6.45) is 0. The SMILES string of the molecule is CC(C)(C)NC(=O)[C@@H](N)CO. The minimum Gasteiger partial charge on any atom is -0.394 e. The van der Waals surface area contributed by atoms with Crippen LogP contribution in [0.25, 0.3) is 0 Å². The Labute approximate surface area is 66.8 Å². The molecule has 1 atom stereocenters. The molecule has 0 unspecified atom stereocenters. The van der Waals surface area contributed by atoms with Crippen molar-refractivity contribution >= 4 is 5.91 Å². The highest BCUT2D eigenvalue weighted by molar-refractivity contribution is 5.82. The summed E-state index contributed by atoms with van der Waals surface area (Å²) >= 11 is 0. The van der Waals surface area contributed by atoms with Gasteiger partial charge >= 0.3 is 0 Å². The molecule has 4 N–H and O–H groups in total. The average molecular weight is 160 g/mol. The standard InChI is InChI=1S/C7H16N2O2/c1-7(2,3)9-6(11)5(8)4-10/h5,10H,4,8H2,1-3H3,(H,9,11)/t5-/m0/s1. The zero-order valence-electron chi connectivity index (χ0n) is 7.22. The van der Waals surface area contributed by atoms with Gasteiger partial charge in [-0.05, 0) is 20.8 Å². The molecule has 1 amide bonds. The monoisotopic (exact) mass is 160 g/mol. The summed E-state index contributed by atoms with van der Waals surface area (Å²) in [5, 5.41) is 11.2. The highest BCUT2D eigenvalue weighted by Crippen LogP contribution is 1.98. The molecular weight excluding hydrogens is 144 g/mol. The Balaban J connectivity index is 3.88. The van der Waals surface area contributed by atoms with Crippen molar-refractivity contribution in [3.63, 3.8) is 0 Å². The van der Waals surface area contributed by atoms with Gasteiger partial charge in [0.1, 0.15) is 6.04 Å². The second-order valence-electron chi connectivity index (χ2n) is 3.53. The van der Waals surface area contributed by atoms with Gasteiger partial charge in [-0.25, -0.2) is 0 Å². The molecule has 11 heavy (non-hydrogen) atoms. The van der Waals surface area contributed by atoms with E-state index in [4.69, 9.17) is 10.8 Å². The van der Waals surface area contributed by atoms with Crippen LogP contribution in [0.3, 0.4) is 0 Å². The number of carbonyl (C=O) groups excluding carboxylic acids is 1. The van der Waals surface area contributed by atoms with Crippen LogP contribution in [-0.2, 0) is 4.79 Å². The summed E-state index contributed by atoms with van der Waals surface area (Å²) in [7, 11) is 0. The minimum absolute atomic E-state index is 0.288. The largest absolute Gasteiger partial charge is 0.394 e. The number of carbonyl (C=O) groups is 1. The van der Waals surface area contributed by atoms with Gasteiger partial charge in [-0.3, -0.25) is 4.79 Å². The first kappa shape index (κ1) is 10.4. The molecule has 0 aromatic heterocycles. The van der Waals surface area contributed by atoms with Crippen molar-refractivity contribution in [1.29, 1.82) is 0 Å². The van der Waals surface area contributed by atoms with Crippen molar-refractivity contribution in [2.45, 2.75) is 32.4 Å². The summed E-state index contributed by atoms with van der Waals surface area (Å²) in [5.41, 5.74) is 4.97. The fraction of sp³-hybridized carbons (Fsp3) is 0.857. The lowest BCUT2D eigenvalue weighted by atomic mass is 10.1. The van der Waals surface area contributed by atoms with E-state index in [1.807, 2.05) is 20.8 Å². The number of rotatable bonds is 2. The van der Waals surface area contributed by atoms with Gasteiger partial charge < -0.3 is 16.2 Å². The predicted molar refractivity (Wildman–Crippen MR) is 43.0 cm³/mol. The zero-order chi connectivity index (χ0) is 9.07. The predicted octanol–water partition coefficient (Wildman–Crippen LogP) is -0.779. The number of aliphatic hydroxyl groups is 1. The lowest BCUT2D eigenvalue weighted by molar-refractivity contribution is -0.124. The molecule has 0 aromatic rings. The molecule has 0 saturated heterocycles. The van der Waals surface area contributed by atoms with E-state index in [1.54, 1.807) is 0 Å². The molecule has 0 aliphatic heterocycles. The van der Waals surface area contributed by atoms with Gasteiger partial charge in [-0.1, -0.05) is 0 Å². The Morgan fingerprint density at radius 2 is 2.09 bits per heavy atom. The third-order valence-electron chi connectivity index (χ3n) is 1.03. The first-order chi connectivity index (χ1) is 4.87. The molecule has 66 valence electrons. The Morgan fingerprint density at radius 3 is 2.36 bits per heavy atom. The Kier molecular flexibility index (Phi) is 3.48. The molecule has 4 heteroatoms. The van der Waals surface area contributed by atoms with Crippen LogP contribution in [0, 0.1) is 0 Å². The quantitative estimate of drug-likeness (QED) is 0.496. The molecule has 0 spiro atoms. The molecule has 0 fully saturated rings. The van der Waals surface area contributed by atoms with Gasteiger partial charge in [0.05, 0.1) is 6.61 Å². The van der Waals surface area contributed by atoms with Crippen LogP contribution < -0.4 is 11.1 Å². The van der Waals surface area contributed by atoms with Crippen LogP contribution in [0.4, 0.5) is 0 Å². The van der Waals surface area contributed by atoms with E-state index in [2.05, 4.69) is 5.32 Å². The summed E-state index contributed by atoms with van der Waals surface area (Å²) in [6, 6.07) is -0.811. The fourth-order valence-corrected chi connectivity index (χ4v) is 0.545. The van der Waals surface area contributed by atoms with E-state index in [0.717, 1.165) is 0 Å². The maximum absolute atomic E-state index is 11.0. The Hall–Kier alpha value is -0.610. The van der Waals surface area contributed by atoms with Crippen molar-refractivity contribution < 1.29 is 9.90 Å². The molecule has 0 aliphatic rings. The number of nitrogens with one attached hydrogen (secondary N) is 1. The number of hydrogen-bond donors (Lipinski definition) is 3. The number of aliphatic hydroxyl groups excluding tert-OH is 1. The van der Waals surface area contributed by atoms with E-state index in [0.29, 0.717) is 0 Å². The first-order valence-corrected chi connectivity index (χ1v) is 3.55. The highest BCUT2D eigenvalue weighted by Gasteiger charge is 2.18. The first-order valence-electron chi connectivity index (χ1n) is 3.55. The van der Waals surface area contributed by atoms with Gasteiger partial charge in [0, 0.05) is 5.54 Å². The van der Waals surface area contributed by atoms with E-state index in [1.165, 1.54) is 0 Å². The van der Waals surface area contributed by atoms with Crippen LogP contribution >= 0.6 is 0 Å². The van der Waals surface area contributed by atoms with Crippen molar-refractivity contribution in [3.05, 3.63) is 0 Å². The smallest absolute Gasteiger partial charge is 0.239 e. The third-order valence-corrected chi connectivity index (χ3v) is 1.03. The van der Waals surface area contributed by atoms with Crippen LogP contribution in [0.1, 0.15) is 20.8 Å². The average Bonchev–Trinajstić information content (AvgIpc) is 1.82. The third kappa shape index (κ3) is 4.75. The van der Waals surface area contributed by atoms with Gasteiger partial charge in [0.25, 0.3) is 0 Å². The number of amides is 1. The molecule has 0 bridgehead atoms. The summed E-state index contributed by atoms with van der Waals surface area (Å²) in [4.78, 5) is 11.0. The fourth-order valence-electron chi connectivity index (χ4n) is 0.545. The van der Waals surface area contributed by atoms with E-state index in [9.17, 15) is 4.79 Å². The maximum Gasteiger partial charge on any atom is 0.239 e. The van der Waals surface area contributed by atoms with Crippen molar-refractivity contribution in [2.24, 2.45) is 5.73 Å². The van der Waals surface area contributed by atoms with Crippen molar-refractivity contribution in [3.8, 4) is 0 Å².